The van der Waals surface area contributed by atoms with Gasteiger partial charge in [0.05, 0.1) is 24.4 Å². The van der Waals surface area contributed by atoms with Gasteiger partial charge in [0.1, 0.15) is 0 Å². The fraction of sp³-hybridized carbons (Fsp3) is 0.500. The molecule has 0 bridgehead atoms. The van der Waals surface area contributed by atoms with Gasteiger partial charge in [-0.2, -0.15) is 0 Å². The smallest absolute Gasteiger partial charge is 0.771 e. The van der Waals surface area contributed by atoms with Gasteiger partial charge in [-0.1, -0.05) is 13.3 Å². The van der Waals surface area contributed by atoms with Crippen LogP contribution in [0, 0.1) is 0 Å². The predicted molar refractivity (Wildman–Crippen MR) is 62.0 cm³/mol. The van der Waals surface area contributed by atoms with E-state index in [1.54, 1.807) is 18.3 Å². The molecule has 1 unspecified atom stereocenters. The van der Waals surface area contributed by atoms with Crippen molar-refractivity contribution in [3.05, 3.63) is 18.3 Å². The number of ether oxygens (including phenoxy) is 1. The fourth-order valence-electron chi connectivity index (χ4n) is 1.03. The van der Waals surface area contributed by atoms with E-state index in [1.165, 1.54) is 0 Å². The van der Waals surface area contributed by atoms with Gasteiger partial charge >= 0.3 is 29.6 Å². The molecule has 0 fully saturated rings. The molecule has 0 aliphatic rings. The van der Waals surface area contributed by atoms with Crippen LogP contribution in [0.1, 0.15) is 19.8 Å². The van der Waals surface area contributed by atoms with Crippen LogP contribution in [0.15, 0.2) is 18.3 Å². The van der Waals surface area contributed by atoms with E-state index in [4.69, 9.17) is 4.74 Å². The van der Waals surface area contributed by atoms with Crippen LogP contribution in [0.4, 0.5) is 5.69 Å². The second kappa shape index (κ2) is 9.85. The third-order valence-corrected chi connectivity index (χ3v) is 2.26. The topological polar surface area (TPSA) is 74.3 Å². The van der Waals surface area contributed by atoms with E-state index in [2.05, 4.69) is 17.2 Å². The molecule has 1 N–H and O–H groups in total. The number of hydrogen-bond acceptors (Lipinski definition) is 5. The molecule has 1 aromatic rings. The van der Waals surface area contributed by atoms with Crippen molar-refractivity contribution < 1.29 is 43.1 Å². The summed E-state index contributed by atoms with van der Waals surface area (Å²) in [6.07, 6.45) is 3.62. The molecule has 0 radical (unpaired) electrons. The molecule has 0 aliphatic heterocycles. The van der Waals surface area contributed by atoms with Crippen molar-refractivity contribution in [2.45, 2.75) is 19.8 Å². The van der Waals surface area contributed by atoms with Crippen molar-refractivity contribution in [3.63, 3.8) is 0 Å². The molecular formula is C10H15N2NaO3S. The second-order valence-corrected chi connectivity index (χ2v) is 4.11. The molecule has 1 rings (SSSR count). The molecule has 0 saturated carbocycles. The molecule has 1 atom stereocenters. The summed E-state index contributed by atoms with van der Waals surface area (Å²) in [5.41, 5.74) is 0.659. The molecule has 0 aliphatic carbocycles. The molecule has 0 saturated heterocycles. The number of rotatable bonds is 7. The second-order valence-electron chi connectivity index (χ2n) is 3.21. The van der Waals surface area contributed by atoms with Crippen molar-refractivity contribution >= 4 is 16.8 Å². The number of anilines is 1. The maximum atomic E-state index is 10.3. The van der Waals surface area contributed by atoms with Gasteiger partial charge < -0.3 is 14.6 Å². The van der Waals surface area contributed by atoms with Gasteiger partial charge in [0, 0.05) is 6.07 Å². The van der Waals surface area contributed by atoms with Crippen molar-refractivity contribution in [1.29, 1.82) is 0 Å². The average Bonchev–Trinajstić information content (AvgIpc) is 2.28. The first-order valence-corrected chi connectivity index (χ1v) is 6.35. The number of pyridine rings is 1. The number of aromatic nitrogens is 1. The van der Waals surface area contributed by atoms with Crippen molar-refractivity contribution in [2.24, 2.45) is 0 Å². The summed E-state index contributed by atoms with van der Waals surface area (Å²) in [6.45, 7) is 2.74. The number of nitrogens with one attached hydrogen (secondary N) is 1. The normalized spacial score (nSPS) is 11.4. The molecule has 5 nitrogen and oxygen atoms in total. The Morgan fingerprint density at radius 1 is 1.53 bits per heavy atom. The standard InChI is InChI=1S/C10H16N2O3S.Na/c1-2-3-6-15-10-5-4-9(7-11-10)12-8-16(13)14;/h4-5,7,12H,2-3,6,8H2,1H3,(H,13,14);/q;+1/p-1. The number of unbranched alkanes of at least 4 members (excludes halogenated alkanes) is 1. The predicted octanol–water partition coefficient (Wildman–Crippen LogP) is -1.49. The van der Waals surface area contributed by atoms with Crippen molar-refractivity contribution in [3.8, 4) is 5.88 Å². The molecule has 7 heteroatoms. The Kier molecular flexibility index (Phi) is 9.76. The third-order valence-electron chi connectivity index (χ3n) is 1.88. The van der Waals surface area contributed by atoms with E-state index < -0.39 is 11.1 Å². The van der Waals surface area contributed by atoms with E-state index in [1.807, 2.05) is 0 Å². The Morgan fingerprint density at radius 2 is 2.29 bits per heavy atom. The molecule has 1 heterocycles. The van der Waals surface area contributed by atoms with Crippen LogP contribution in [0.25, 0.3) is 0 Å². The van der Waals surface area contributed by atoms with E-state index in [9.17, 15) is 8.76 Å². The van der Waals surface area contributed by atoms with Gasteiger partial charge in [0.15, 0.2) is 0 Å². The largest absolute Gasteiger partial charge is 1.00 e. The molecule has 0 spiro atoms. The summed E-state index contributed by atoms with van der Waals surface area (Å²) in [5, 5.41) is 2.71. The van der Waals surface area contributed by atoms with Gasteiger partial charge in [-0.25, -0.2) is 4.98 Å². The minimum absolute atomic E-state index is 0. The first-order valence-electron chi connectivity index (χ1n) is 5.11. The summed E-state index contributed by atoms with van der Waals surface area (Å²) < 4.78 is 26.0. The van der Waals surface area contributed by atoms with Gasteiger partial charge in [-0.05, 0) is 23.6 Å². The van der Waals surface area contributed by atoms with Gasteiger partial charge in [-0.15, -0.1) is 0 Å². The summed E-state index contributed by atoms with van der Waals surface area (Å²) in [7, 11) is 0. The Labute approximate surface area is 126 Å². The van der Waals surface area contributed by atoms with Crippen LogP contribution in [-0.2, 0) is 11.1 Å². The van der Waals surface area contributed by atoms with Crippen LogP contribution in [0.3, 0.4) is 0 Å². The monoisotopic (exact) mass is 266 g/mol. The average molecular weight is 266 g/mol. The quantitative estimate of drug-likeness (QED) is 0.370. The van der Waals surface area contributed by atoms with Gasteiger partial charge in [0.25, 0.3) is 0 Å². The summed E-state index contributed by atoms with van der Waals surface area (Å²) in [4.78, 5) is 4.04. The van der Waals surface area contributed by atoms with Crippen LogP contribution in [0.2, 0.25) is 0 Å². The summed E-state index contributed by atoms with van der Waals surface area (Å²) >= 11 is -2.10. The van der Waals surface area contributed by atoms with Crippen LogP contribution < -0.4 is 39.6 Å². The maximum Gasteiger partial charge on any atom is 1.00 e. The molecule has 0 amide bonds. The Bertz CT molecular complexity index is 335. The van der Waals surface area contributed by atoms with E-state index in [0.717, 1.165) is 12.8 Å². The van der Waals surface area contributed by atoms with Crippen LogP contribution >= 0.6 is 0 Å². The van der Waals surface area contributed by atoms with Crippen LogP contribution in [-0.4, -0.2) is 26.2 Å². The van der Waals surface area contributed by atoms with E-state index in [0.29, 0.717) is 18.2 Å². The molecular weight excluding hydrogens is 251 g/mol. The minimum Gasteiger partial charge on any atom is -0.771 e. The molecule has 17 heavy (non-hydrogen) atoms. The Morgan fingerprint density at radius 3 is 2.82 bits per heavy atom. The molecule has 0 aromatic carbocycles. The zero-order valence-corrected chi connectivity index (χ0v) is 13.0. The van der Waals surface area contributed by atoms with Crippen molar-refractivity contribution in [2.75, 3.05) is 17.8 Å². The Hall–Kier alpha value is -0.140. The first-order chi connectivity index (χ1) is 7.72. The SMILES string of the molecule is CCCCOc1ccc(NCS(=O)[O-])cn1.[Na+]. The number of nitrogens with zero attached hydrogens (tertiary/aromatic N) is 1. The maximum absolute atomic E-state index is 10.3. The Balaban J connectivity index is 0.00000256. The molecule has 1 aromatic heterocycles. The zero-order chi connectivity index (χ0) is 11.8. The summed E-state index contributed by atoms with van der Waals surface area (Å²) in [5.74, 6) is 0.444. The van der Waals surface area contributed by atoms with Crippen molar-refractivity contribution in [1.82, 2.24) is 4.98 Å². The van der Waals surface area contributed by atoms with Gasteiger partial charge in [0.2, 0.25) is 5.88 Å². The third kappa shape index (κ3) is 7.72. The van der Waals surface area contributed by atoms with Gasteiger partial charge in [-0.3, -0.25) is 4.21 Å². The molecule has 90 valence electrons. The fourth-order valence-corrected chi connectivity index (χ4v) is 1.32. The minimum atomic E-state index is -2.10. The van der Waals surface area contributed by atoms with E-state index >= 15 is 0 Å². The van der Waals surface area contributed by atoms with E-state index in [-0.39, 0.29) is 35.4 Å². The van der Waals surface area contributed by atoms with Crippen LogP contribution in [0.5, 0.6) is 5.88 Å². The first kappa shape index (κ1) is 16.9. The summed E-state index contributed by atoms with van der Waals surface area (Å²) in [6, 6.07) is 3.45. The zero-order valence-electron chi connectivity index (χ0n) is 10.1. The number of hydrogen-bond donors (Lipinski definition) is 1.